The first-order valence-electron chi connectivity index (χ1n) is 5.77. The maximum absolute atomic E-state index is 12.0. The van der Waals surface area contributed by atoms with Gasteiger partial charge in [-0.2, -0.15) is 0 Å². The smallest absolute Gasteiger partial charge is 0.240 e. The molecule has 2 N–H and O–H groups in total. The van der Waals surface area contributed by atoms with Gasteiger partial charge in [0.2, 0.25) is 10.0 Å². The fraction of sp³-hybridized carbons (Fsp3) is 0.500. The minimum Gasteiger partial charge on any atom is -0.396 e. The van der Waals surface area contributed by atoms with Gasteiger partial charge < -0.3 is 5.11 Å². The molecule has 1 atom stereocenters. The number of halogens is 1. The average Bonchev–Trinajstić information content (AvgIpc) is 2.29. The van der Waals surface area contributed by atoms with Crippen molar-refractivity contribution in [2.24, 2.45) is 0 Å². The van der Waals surface area contributed by atoms with Crippen LogP contribution in [0.2, 0.25) is 0 Å². The molecular weight excluding hydrogens is 274 g/mol. The lowest BCUT2D eigenvalue weighted by molar-refractivity contribution is 0.275. The highest BCUT2D eigenvalue weighted by atomic mass is 35.5. The Morgan fingerprint density at radius 1 is 1.33 bits per heavy atom. The molecule has 6 heteroatoms. The Balaban J connectivity index is 2.78. The number of nitrogens with one attached hydrogen (secondary N) is 1. The van der Waals surface area contributed by atoms with Crippen molar-refractivity contribution in [3.8, 4) is 0 Å². The fourth-order valence-corrected chi connectivity index (χ4v) is 3.03. The van der Waals surface area contributed by atoms with Crippen molar-refractivity contribution in [1.82, 2.24) is 4.72 Å². The van der Waals surface area contributed by atoms with E-state index in [9.17, 15) is 8.42 Å². The normalized spacial score (nSPS) is 13.5. The average molecular weight is 292 g/mol. The molecule has 1 unspecified atom stereocenters. The Bertz CT molecular complexity index is 459. The van der Waals surface area contributed by atoms with Gasteiger partial charge in [-0.05, 0) is 37.5 Å². The predicted octanol–water partition coefficient (Wildman–Crippen LogP) is 1.52. The van der Waals surface area contributed by atoms with E-state index in [0.717, 1.165) is 12.0 Å². The first kappa shape index (κ1) is 15.4. The van der Waals surface area contributed by atoms with Crippen molar-refractivity contribution in [3.05, 3.63) is 29.8 Å². The second-order valence-electron chi connectivity index (χ2n) is 4.12. The molecule has 18 heavy (non-hydrogen) atoms. The third-order valence-electron chi connectivity index (χ3n) is 2.54. The number of benzene rings is 1. The summed E-state index contributed by atoms with van der Waals surface area (Å²) >= 11 is 5.62. The summed E-state index contributed by atoms with van der Waals surface area (Å²) in [6.45, 7) is 1.67. The van der Waals surface area contributed by atoms with Crippen LogP contribution in [0, 0.1) is 0 Å². The van der Waals surface area contributed by atoms with Crippen LogP contribution in [0.15, 0.2) is 29.2 Å². The third kappa shape index (κ3) is 4.57. The molecule has 0 amide bonds. The lowest BCUT2D eigenvalue weighted by atomic mass is 10.2. The molecule has 0 aliphatic heterocycles. The SMILES string of the molecule is CC(CCO)NS(=O)(=O)c1ccc(CCCl)cc1. The standard InChI is InChI=1S/C12H18ClNO3S/c1-10(7-9-15)14-18(16,17)12-4-2-11(3-5-12)6-8-13/h2-5,10,14-15H,6-9H2,1H3. The van der Waals surface area contributed by atoms with Crippen LogP contribution in [-0.2, 0) is 16.4 Å². The molecule has 1 aromatic rings. The van der Waals surface area contributed by atoms with Crippen LogP contribution in [0.3, 0.4) is 0 Å². The van der Waals surface area contributed by atoms with Crippen LogP contribution < -0.4 is 4.72 Å². The van der Waals surface area contributed by atoms with Gasteiger partial charge in [0.15, 0.2) is 0 Å². The van der Waals surface area contributed by atoms with Gasteiger partial charge in [-0.25, -0.2) is 13.1 Å². The predicted molar refractivity (Wildman–Crippen MR) is 72.4 cm³/mol. The highest BCUT2D eigenvalue weighted by Crippen LogP contribution is 2.12. The van der Waals surface area contributed by atoms with Crippen LogP contribution in [0.4, 0.5) is 0 Å². The van der Waals surface area contributed by atoms with Gasteiger partial charge in [0, 0.05) is 18.5 Å². The lowest BCUT2D eigenvalue weighted by Crippen LogP contribution is -2.33. The fourth-order valence-electron chi connectivity index (χ4n) is 1.53. The first-order valence-corrected chi connectivity index (χ1v) is 7.79. The monoisotopic (exact) mass is 291 g/mol. The van der Waals surface area contributed by atoms with Gasteiger partial charge >= 0.3 is 0 Å². The van der Waals surface area contributed by atoms with Gasteiger partial charge in [0.1, 0.15) is 0 Å². The molecule has 0 spiro atoms. The Hall–Kier alpha value is -0.620. The van der Waals surface area contributed by atoms with E-state index in [2.05, 4.69) is 4.72 Å². The molecule has 0 fully saturated rings. The molecule has 102 valence electrons. The molecule has 0 radical (unpaired) electrons. The van der Waals surface area contributed by atoms with E-state index < -0.39 is 10.0 Å². The molecule has 0 aliphatic rings. The summed E-state index contributed by atoms with van der Waals surface area (Å²) < 4.78 is 26.4. The van der Waals surface area contributed by atoms with Crippen molar-refractivity contribution in [1.29, 1.82) is 0 Å². The van der Waals surface area contributed by atoms with Crippen molar-refractivity contribution < 1.29 is 13.5 Å². The Morgan fingerprint density at radius 2 is 1.94 bits per heavy atom. The van der Waals surface area contributed by atoms with Crippen LogP contribution in [0.25, 0.3) is 0 Å². The molecular formula is C12H18ClNO3S. The van der Waals surface area contributed by atoms with Crippen molar-refractivity contribution in [3.63, 3.8) is 0 Å². The molecule has 0 saturated carbocycles. The topological polar surface area (TPSA) is 66.4 Å². The van der Waals surface area contributed by atoms with Crippen molar-refractivity contribution in [2.75, 3.05) is 12.5 Å². The minimum absolute atomic E-state index is 0.0433. The van der Waals surface area contributed by atoms with Gasteiger partial charge in [0.25, 0.3) is 0 Å². The Labute approximate surface area is 113 Å². The lowest BCUT2D eigenvalue weighted by Gasteiger charge is -2.13. The number of hydrogen-bond acceptors (Lipinski definition) is 3. The van der Waals surface area contributed by atoms with E-state index in [1.165, 1.54) is 0 Å². The Kier molecular flexibility index (Phi) is 6.08. The zero-order valence-corrected chi connectivity index (χ0v) is 11.8. The number of aliphatic hydroxyl groups is 1. The van der Waals surface area contributed by atoms with Crippen LogP contribution in [-0.4, -0.2) is 32.1 Å². The third-order valence-corrected chi connectivity index (χ3v) is 4.33. The first-order chi connectivity index (χ1) is 8.49. The van der Waals surface area contributed by atoms with Gasteiger partial charge in [0.05, 0.1) is 4.90 Å². The van der Waals surface area contributed by atoms with Crippen LogP contribution >= 0.6 is 11.6 Å². The summed E-state index contributed by atoms with van der Waals surface area (Å²) in [7, 11) is -3.51. The second kappa shape index (κ2) is 7.09. The summed E-state index contributed by atoms with van der Waals surface area (Å²) in [5.74, 6) is 0.512. The summed E-state index contributed by atoms with van der Waals surface area (Å²) in [6.07, 6.45) is 1.11. The molecule has 0 aliphatic carbocycles. The van der Waals surface area contributed by atoms with Gasteiger partial charge in [-0.1, -0.05) is 12.1 Å². The molecule has 0 heterocycles. The number of aryl methyl sites for hydroxylation is 1. The van der Waals surface area contributed by atoms with Gasteiger partial charge in [-0.15, -0.1) is 11.6 Å². The zero-order valence-electron chi connectivity index (χ0n) is 10.3. The van der Waals surface area contributed by atoms with E-state index in [4.69, 9.17) is 16.7 Å². The largest absolute Gasteiger partial charge is 0.396 e. The number of rotatable bonds is 7. The molecule has 1 rings (SSSR count). The highest BCUT2D eigenvalue weighted by molar-refractivity contribution is 7.89. The number of sulfonamides is 1. The summed E-state index contributed by atoms with van der Waals surface area (Å²) in [5.41, 5.74) is 1.01. The van der Waals surface area contributed by atoms with Crippen molar-refractivity contribution >= 4 is 21.6 Å². The van der Waals surface area contributed by atoms with Crippen molar-refractivity contribution in [2.45, 2.75) is 30.7 Å². The van der Waals surface area contributed by atoms with E-state index in [1.54, 1.807) is 31.2 Å². The molecule has 0 bridgehead atoms. The van der Waals surface area contributed by atoms with Gasteiger partial charge in [-0.3, -0.25) is 0 Å². The molecule has 0 aromatic heterocycles. The van der Waals surface area contributed by atoms with Crippen LogP contribution in [0.1, 0.15) is 18.9 Å². The van der Waals surface area contributed by atoms with E-state index in [1.807, 2.05) is 0 Å². The number of alkyl halides is 1. The van der Waals surface area contributed by atoms with Crippen LogP contribution in [0.5, 0.6) is 0 Å². The summed E-state index contributed by atoms with van der Waals surface area (Å²) in [5, 5.41) is 8.75. The number of aliphatic hydroxyl groups excluding tert-OH is 1. The Morgan fingerprint density at radius 3 is 2.44 bits per heavy atom. The maximum atomic E-state index is 12.0. The second-order valence-corrected chi connectivity index (χ2v) is 6.21. The van der Waals surface area contributed by atoms with E-state index >= 15 is 0 Å². The molecule has 4 nitrogen and oxygen atoms in total. The van der Waals surface area contributed by atoms with E-state index in [-0.39, 0.29) is 17.5 Å². The zero-order chi connectivity index (χ0) is 13.6. The summed E-state index contributed by atoms with van der Waals surface area (Å²) in [6, 6.07) is 6.36. The quantitative estimate of drug-likeness (QED) is 0.749. The highest BCUT2D eigenvalue weighted by Gasteiger charge is 2.16. The minimum atomic E-state index is -3.51. The summed E-state index contributed by atoms with van der Waals surface area (Å²) in [4.78, 5) is 0.227. The maximum Gasteiger partial charge on any atom is 0.240 e. The number of hydrogen-bond donors (Lipinski definition) is 2. The molecule has 0 saturated heterocycles. The molecule has 1 aromatic carbocycles. The van der Waals surface area contributed by atoms with E-state index in [0.29, 0.717) is 12.3 Å².